The molecule has 6 nitrogen and oxygen atoms in total. The van der Waals surface area contributed by atoms with Crippen LogP contribution in [0, 0.1) is 0 Å². The molecule has 3 aromatic carbocycles. The lowest BCUT2D eigenvalue weighted by Crippen LogP contribution is -2.43. The lowest BCUT2D eigenvalue weighted by Gasteiger charge is -2.23. The fraction of sp³-hybridized carbons (Fsp3) is 0.250. The number of benzene rings is 3. The standard InChI is InChI=1S/C28H27N3O3/c1-3-8-18-13-15-19(16-14-18)28(2)26(33)31(27(34)30-28)17-24(32)29-25-22-11-6-4-9-20(22)21-10-5-7-12-23(21)25/h4-7,9-16,25H,3,8,17H2,1-2H3,(H,29,32)(H,30,34)/t28-/m0/s1. The first-order chi connectivity index (χ1) is 16.4. The molecule has 0 saturated carbocycles. The van der Waals surface area contributed by atoms with Gasteiger partial charge in [-0.15, -0.1) is 0 Å². The first-order valence-corrected chi connectivity index (χ1v) is 11.6. The van der Waals surface area contributed by atoms with Crippen LogP contribution in [0.3, 0.4) is 0 Å². The predicted octanol–water partition coefficient (Wildman–Crippen LogP) is 4.29. The molecule has 3 aromatic rings. The van der Waals surface area contributed by atoms with Gasteiger partial charge in [0.05, 0.1) is 6.04 Å². The van der Waals surface area contributed by atoms with E-state index < -0.39 is 17.5 Å². The van der Waals surface area contributed by atoms with Gasteiger partial charge in [-0.25, -0.2) is 4.79 Å². The summed E-state index contributed by atoms with van der Waals surface area (Å²) >= 11 is 0. The minimum atomic E-state index is -1.20. The van der Waals surface area contributed by atoms with Crippen molar-refractivity contribution in [2.24, 2.45) is 0 Å². The third kappa shape index (κ3) is 3.55. The highest BCUT2D eigenvalue weighted by Crippen LogP contribution is 2.43. The highest BCUT2D eigenvalue weighted by molar-refractivity contribution is 6.09. The van der Waals surface area contributed by atoms with Gasteiger partial charge in [0.2, 0.25) is 5.91 Å². The van der Waals surface area contributed by atoms with E-state index in [9.17, 15) is 14.4 Å². The van der Waals surface area contributed by atoms with Crippen molar-refractivity contribution >= 4 is 17.8 Å². The zero-order chi connectivity index (χ0) is 23.9. The number of rotatable bonds is 6. The van der Waals surface area contributed by atoms with Crippen molar-refractivity contribution in [3.63, 3.8) is 0 Å². The van der Waals surface area contributed by atoms with E-state index in [1.165, 1.54) is 5.56 Å². The third-order valence-corrected chi connectivity index (χ3v) is 6.79. The van der Waals surface area contributed by atoms with Crippen molar-refractivity contribution in [2.75, 3.05) is 6.54 Å². The van der Waals surface area contributed by atoms with Gasteiger partial charge in [0.1, 0.15) is 12.1 Å². The van der Waals surface area contributed by atoms with E-state index >= 15 is 0 Å². The van der Waals surface area contributed by atoms with E-state index in [1.807, 2.05) is 72.8 Å². The van der Waals surface area contributed by atoms with Crippen LogP contribution in [0.2, 0.25) is 0 Å². The highest BCUT2D eigenvalue weighted by atomic mass is 16.2. The molecule has 1 heterocycles. The SMILES string of the molecule is CCCc1ccc([C@]2(C)NC(=O)N(CC(=O)NC3c4ccccc4-c4ccccc43)C2=O)cc1. The van der Waals surface area contributed by atoms with Gasteiger partial charge in [0.15, 0.2) is 0 Å². The Morgan fingerprint density at radius 1 is 0.941 bits per heavy atom. The van der Waals surface area contributed by atoms with Gasteiger partial charge >= 0.3 is 6.03 Å². The zero-order valence-electron chi connectivity index (χ0n) is 19.3. The fourth-order valence-electron chi connectivity index (χ4n) is 4.99. The maximum atomic E-state index is 13.3. The van der Waals surface area contributed by atoms with E-state index in [0.29, 0.717) is 5.56 Å². The predicted molar refractivity (Wildman–Crippen MR) is 130 cm³/mol. The molecule has 0 aromatic heterocycles. The molecular formula is C28H27N3O3. The first kappa shape index (κ1) is 21.9. The van der Waals surface area contributed by atoms with E-state index in [-0.39, 0.29) is 18.5 Å². The second-order valence-corrected chi connectivity index (χ2v) is 9.07. The number of carbonyl (C=O) groups excluding carboxylic acids is 3. The summed E-state index contributed by atoms with van der Waals surface area (Å²) in [5.41, 5.74) is 4.86. The summed E-state index contributed by atoms with van der Waals surface area (Å²) in [6, 6.07) is 22.7. The normalized spacial score (nSPS) is 19.1. The van der Waals surface area contributed by atoms with Gasteiger partial charge in [0, 0.05) is 0 Å². The second kappa shape index (κ2) is 8.45. The lowest BCUT2D eigenvalue weighted by molar-refractivity contribution is -0.135. The molecule has 0 radical (unpaired) electrons. The Bertz CT molecular complexity index is 1240. The molecule has 1 atom stereocenters. The monoisotopic (exact) mass is 453 g/mol. The summed E-state index contributed by atoms with van der Waals surface area (Å²) < 4.78 is 0. The maximum absolute atomic E-state index is 13.3. The number of amides is 4. The van der Waals surface area contributed by atoms with Crippen LogP contribution in [0.25, 0.3) is 11.1 Å². The Morgan fingerprint density at radius 2 is 1.53 bits per heavy atom. The number of imide groups is 1. The van der Waals surface area contributed by atoms with Crippen molar-refractivity contribution < 1.29 is 14.4 Å². The van der Waals surface area contributed by atoms with E-state index in [4.69, 9.17) is 0 Å². The number of hydrogen-bond acceptors (Lipinski definition) is 3. The van der Waals surface area contributed by atoms with Crippen LogP contribution in [0.5, 0.6) is 0 Å². The van der Waals surface area contributed by atoms with Crippen LogP contribution in [-0.2, 0) is 21.5 Å². The van der Waals surface area contributed by atoms with Gasteiger partial charge in [-0.05, 0) is 46.7 Å². The number of fused-ring (bicyclic) bond motifs is 3. The van der Waals surface area contributed by atoms with Gasteiger partial charge in [0.25, 0.3) is 5.91 Å². The smallest absolute Gasteiger partial charge is 0.325 e. The Labute approximate surface area is 199 Å². The molecule has 5 rings (SSSR count). The van der Waals surface area contributed by atoms with Crippen molar-refractivity contribution in [2.45, 2.75) is 38.3 Å². The minimum absolute atomic E-state index is 0.321. The van der Waals surface area contributed by atoms with Gasteiger partial charge < -0.3 is 10.6 Å². The van der Waals surface area contributed by atoms with Gasteiger partial charge in [-0.2, -0.15) is 0 Å². The lowest BCUT2D eigenvalue weighted by atomic mass is 9.91. The number of nitrogens with zero attached hydrogens (tertiary/aromatic N) is 1. The summed E-state index contributed by atoms with van der Waals surface area (Å²) in [7, 11) is 0. The topological polar surface area (TPSA) is 78.5 Å². The van der Waals surface area contributed by atoms with E-state index in [1.54, 1.807) is 6.92 Å². The van der Waals surface area contributed by atoms with Crippen LogP contribution < -0.4 is 10.6 Å². The van der Waals surface area contributed by atoms with Crippen LogP contribution in [0.4, 0.5) is 4.79 Å². The molecule has 0 unspecified atom stereocenters. The summed E-state index contributed by atoms with van der Waals surface area (Å²) in [5, 5.41) is 5.82. The molecule has 1 aliphatic heterocycles. The quantitative estimate of drug-likeness (QED) is 0.547. The second-order valence-electron chi connectivity index (χ2n) is 9.07. The molecule has 0 spiro atoms. The van der Waals surface area contributed by atoms with Crippen LogP contribution in [-0.4, -0.2) is 29.3 Å². The number of nitrogens with one attached hydrogen (secondary N) is 2. The number of aryl methyl sites for hydroxylation is 1. The Morgan fingerprint density at radius 3 is 2.12 bits per heavy atom. The molecule has 172 valence electrons. The van der Waals surface area contributed by atoms with Gasteiger partial charge in [-0.3, -0.25) is 14.5 Å². The van der Waals surface area contributed by atoms with E-state index in [0.717, 1.165) is 40.0 Å². The summed E-state index contributed by atoms with van der Waals surface area (Å²) in [6.45, 7) is 3.46. The molecule has 1 saturated heterocycles. The van der Waals surface area contributed by atoms with Crippen LogP contribution >= 0.6 is 0 Å². The zero-order valence-corrected chi connectivity index (χ0v) is 19.3. The average molecular weight is 454 g/mol. The van der Waals surface area contributed by atoms with Crippen LogP contribution in [0.15, 0.2) is 72.8 Å². The number of urea groups is 1. The number of carbonyl (C=O) groups is 3. The van der Waals surface area contributed by atoms with Gasteiger partial charge in [-0.1, -0.05) is 86.1 Å². The fourth-order valence-corrected chi connectivity index (χ4v) is 4.99. The maximum Gasteiger partial charge on any atom is 0.325 e. The van der Waals surface area contributed by atoms with Crippen molar-refractivity contribution in [1.29, 1.82) is 0 Å². The van der Waals surface area contributed by atoms with Crippen molar-refractivity contribution in [3.8, 4) is 11.1 Å². The number of hydrogen-bond donors (Lipinski definition) is 2. The Balaban J connectivity index is 1.34. The Kier molecular flexibility index (Phi) is 5.44. The molecule has 1 aliphatic carbocycles. The summed E-state index contributed by atoms with van der Waals surface area (Å²) in [4.78, 5) is 40.1. The third-order valence-electron chi connectivity index (χ3n) is 6.79. The molecule has 4 amide bonds. The molecule has 1 fully saturated rings. The molecule has 6 heteroatoms. The first-order valence-electron chi connectivity index (χ1n) is 11.6. The molecule has 2 aliphatic rings. The average Bonchev–Trinajstić information content (AvgIpc) is 3.27. The molecule has 34 heavy (non-hydrogen) atoms. The minimum Gasteiger partial charge on any atom is -0.344 e. The summed E-state index contributed by atoms with van der Waals surface area (Å²) in [6.07, 6.45) is 1.99. The largest absolute Gasteiger partial charge is 0.344 e. The summed E-state index contributed by atoms with van der Waals surface area (Å²) in [5.74, 6) is -0.814. The molecule has 0 bridgehead atoms. The van der Waals surface area contributed by atoms with Crippen molar-refractivity contribution in [3.05, 3.63) is 95.1 Å². The van der Waals surface area contributed by atoms with E-state index in [2.05, 4.69) is 17.6 Å². The molecule has 2 N–H and O–H groups in total. The highest BCUT2D eigenvalue weighted by Gasteiger charge is 2.49. The van der Waals surface area contributed by atoms with Crippen molar-refractivity contribution in [1.82, 2.24) is 15.5 Å². The van der Waals surface area contributed by atoms with Crippen LogP contribution in [0.1, 0.15) is 48.6 Å². The molecular weight excluding hydrogens is 426 g/mol. The Hall–Kier alpha value is -3.93.